The molecule has 2 atom stereocenters. The van der Waals surface area contributed by atoms with Gasteiger partial charge in [-0.2, -0.15) is 0 Å². The van der Waals surface area contributed by atoms with Crippen molar-refractivity contribution in [2.45, 2.75) is 12.5 Å². The summed E-state index contributed by atoms with van der Waals surface area (Å²) in [7, 11) is 2.22. The second-order valence-corrected chi connectivity index (χ2v) is 3.87. The normalized spacial score (nSPS) is 39.8. The summed E-state index contributed by atoms with van der Waals surface area (Å²) in [6, 6.07) is 0.831. The maximum Gasteiger partial charge on any atom is 0.0263 e. The molecule has 2 nitrogen and oxygen atoms in total. The van der Waals surface area contributed by atoms with E-state index < -0.39 is 0 Å². The fraction of sp³-hybridized carbons (Fsp3) is 0.889. The van der Waals surface area contributed by atoms with Crippen molar-refractivity contribution in [2.24, 2.45) is 5.92 Å². The Kier molecular flexibility index (Phi) is 1.90. The van der Waals surface area contributed by atoms with Crippen molar-refractivity contribution in [3.63, 3.8) is 0 Å². The fourth-order valence-corrected chi connectivity index (χ4v) is 2.54. The molecule has 2 rings (SSSR count). The maximum absolute atomic E-state index is 3.96. The van der Waals surface area contributed by atoms with Gasteiger partial charge in [-0.3, -0.25) is 4.90 Å². The molecule has 2 saturated heterocycles. The summed E-state index contributed by atoms with van der Waals surface area (Å²) in [5, 5.41) is 0. The average molecular weight is 153 g/mol. The Morgan fingerprint density at radius 1 is 1.45 bits per heavy atom. The zero-order valence-electron chi connectivity index (χ0n) is 7.29. The molecular formula is C9H17N2. The molecule has 2 unspecified atom stereocenters. The van der Waals surface area contributed by atoms with Gasteiger partial charge >= 0.3 is 0 Å². The van der Waals surface area contributed by atoms with Crippen LogP contribution >= 0.6 is 0 Å². The molecule has 0 saturated carbocycles. The lowest BCUT2D eigenvalue weighted by Crippen LogP contribution is -2.34. The van der Waals surface area contributed by atoms with Gasteiger partial charge < -0.3 is 4.90 Å². The Bertz CT molecular complexity index is 144. The number of likely N-dealkylation sites (tertiary alicyclic amines) is 2. The van der Waals surface area contributed by atoms with Crippen molar-refractivity contribution in [1.82, 2.24) is 9.80 Å². The summed E-state index contributed by atoms with van der Waals surface area (Å²) in [5.41, 5.74) is 0. The van der Waals surface area contributed by atoms with E-state index >= 15 is 0 Å². The van der Waals surface area contributed by atoms with Gasteiger partial charge in [0.15, 0.2) is 0 Å². The van der Waals surface area contributed by atoms with E-state index in [1.807, 2.05) is 0 Å². The number of nitrogens with zero attached hydrogens (tertiary/aromatic N) is 2. The highest BCUT2D eigenvalue weighted by atomic mass is 15.3. The molecule has 0 aromatic heterocycles. The first kappa shape index (κ1) is 7.56. The van der Waals surface area contributed by atoms with Crippen LogP contribution in [0.25, 0.3) is 0 Å². The Labute approximate surface area is 69.2 Å². The molecule has 0 aliphatic carbocycles. The highest BCUT2D eigenvalue weighted by Gasteiger charge is 2.38. The molecule has 0 aromatic carbocycles. The van der Waals surface area contributed by atoms with Crippen LogP contribution in [0.5, 0.6) is 0 Å². The Morgan fingerprint density at radius 2 is 2.27 bits per heavy atom. The number of hydrogen-bond acceptors (Lipinski definition) is 2. The van der Waals surface area contributed by atoms with Crippen LogP contribution in [-0.2, 0) is 0 Å². The highest BCUT2D eigenvalue weighted by Crippen LogP contribution is 2.29. The molecular weight excluding hydrogens is 136 g/mol. The van der Waals surface area contributed by atoms with E-state index in [0.717, 1.165) is 18.5 Å². The predicted octanol–water partition coefficient (Wildman–Crippen LogP) is 0.456. The van der Waals surface area contributed by atoms with E-state index in [0.29, 0.717) is 0 Å². The molecule has 0 amide bonds. The molecule has 1 radical (unpaired) electrons. The van der Waals surface area contributed by atoms with Crippen LogP contribution < -0.4 is 0 Å². The Morgan fingerprint density at radius 3 is 3.00 bits per heavy atom. The van der Waals surface area contributed by atoms with Crippen LogP contribution in [0, 0.1) is 12.8 Å². The summed E-state index contributed by atoms with van der Waals surface area (Å²) >= 11 is 0. The quantitative estimate of drug-likeness (QED) is 0.540. The minimum atomic E-state index is 0.831. The first-order valence-corrected chi connectivity index (χ1v) is 4.53. The van der Waals surface area contributed by atoms with Gasteiger partial charge in [0, 0.05) is 19.1 Å². The molecule has 2 heterocycles. The number of rotatable bonds is 1. The highest BCUT2D eigenvalue weighted by molar-refractivity contribution is 4.95. The van der Waals surface area contributed by atoms with Crippen molar-refractivity contribution < 1.29 is 0 Å². The van der Waals surface area contributed by atoms with E-state index in [2.05, 4.69) is 23.8 Å². The lowest BCUT2D eigenvalue weighted by molar-refractivity contribution is 0.257. The third-order valence-corrected chi connectivity index (χ3v) is 3.13. The summed E-state index contributed by atoms with van der Waals surface area (Å²) in [6.07, 6.45) is 1.39. The van der Waals surface area contributed by atoms with Gasteiger partial charge in [0.2, 0.25) is 0 Å². The molecule has 0 N–H and O–H groups in total. The van der Waals surface area contributed by atoms with Gasteiger partial charge in [-0.05, 0) is 39.4 Å². The molecule has 2 aliphatic heterocycles. The summed E-state index contributed by atoms with van der Waals surface area (Å²) < 4.78 is 0. The smallest absolute Gasteiger partial charge is 0.0263 e. The van der Waals surface area contributed by atoms with Crippen molar-refractivity contribution in [3.05, 3.63) is 6.92 Å². The summed E-state index contributed by atoms with van der Waals surface area (Å²) in [5.74, 6) is 0.946. The number of fused-ring (bicyclic) bond motifs is 1. The maximum atomic E-state index is 3.96. The molecule has 63 valence electrons. The molecule has 11 heavy (non-hydrogen) atoms. The van der Waals surface area contributed by atoms with E-state index in [4.69, 9.17) is 0 Å². The molecule has 0 spiro atoms. The van der Waals surface area contributed by atoms with Gasteiger partial charge in [-0.15, -0.1) is 0 Å². The standard InChI is InChI=1S/C9H17N2/c1-3-11-5-4-8-6-10(2)7-9(8)11/h8-9H,1,3-7H2,2H3. The lowest BCUT2D eigenvalue weighted by Gasteiger charge is -2.21. The Hall–Kier alpha value is -0.0800. The van der Waals surface area contributed by atoms with Crippen LogP contribution in [0.15, 0.2) is 0 Å². The van der Waals surface area contributed by atoms with Crippen LogP contribution in [0.1, 0.15) is 6.42 Å². The van der Waals surface area contributed by atoms with E-state index in [9.17, 15) is 0 Å². The van der Waals surface area contributed by atoms with Gasteiger partial charge in [-0.25, -0.2) is 0 Å². The minimum absolute atomic E-state index is 0.831. The zero-order chi connectivity index (χ0) is 7.84. The molecule has 2 aliphatic rings. The first-order chi connectivity index (χ1) is 5.31. The predicted molar refractivity (Wildman–Crippen MR) is 46.3 cm³/mol. The zero-order valence-corrected chi connectivity index (χ0v) is 7.29. The van der Waals surface area contributed by atoms with Crippen molar-refractivity contribution >= 4 is 0 Å². The second-order valence-electron chi connectivity index (χ2n) is 3.87. The minimum Gasteiger partial charge on any atom is -0.304 e. The SMILES string of the molecule is [CH2]CN1CCC2CN(C)CC21. The molecule has 0 aromatic rings. The molecule has 2 fully saturated rings. The van der Waals surface area contributed by atoms with Crippen LogP contribution in [0.4, 0.5) is 0 Å². The third-order valence-electron chi connectivity index (χ3n) is 3.13. The second kappa shape index (κ2) is 2.76. The van der Waals surface area contributed by atoms with Crippen LogP contribution in [-0.4, -0.2) is 49.1 Å². The summed E-state index contributed by atoms with van der Waals surface area (Å²) in [4.78, 5) is 4.96. The topological polar surface area (TPSA) is 6.48 Å². The number of hydrogen-bond donors (Lipinski definition) is 0. The van der Waals surface area contributed by atoms with E-state index in [1.165, 1.54) is 26.1 Å². The van der Waals surface area contributed by atoms with Crippen molar-refractivity contribution in [2.75, 3.05) is 33.2 Å². The third kappa shape index (κ3) is 1.18. The average Bonchev–Trinajstić information content (AvgIpc) is 2.45. The fourth-order valence-electron chi connectivity index (χ4n) is 2.54. The van der Waals surface area contributed by atoms with E-state index in [-0.39, 0.29) is 0 Å². The van der Waals surface area contributed by atoms with Crippen LogP contribution in [0.3, 0.4) is 0 Å². The Balaban J connectivity index is 2.01. The largest absolute Gasteiger partial charge is 0.304 e. The summed E-state index contributed by atoms with van der Waals surface area (Å²) in [6.45, 7) is 8.81. The van der Waals surface area contributed by atoms with Gasteiger partial charge in [-0.1, -0.05) is 0 Å². The van der Waals surface area contributed by atoms with Gasteiger partial charge in [0.1, 0.15) is 0 Å². The van der Waals surface area contributed by atoms with Gasteiger partial charge in [0.05, 0.1) is 0 Å². The van der Waals surface area contributed by atoms with Crippen molar-refractivity contribution in [1.29, 1.82) is 0 Å². The first-order valence-electron chi connectivity index (χ1n) is 4.53. The number of likely N-dealkylation sites (N-methyl/N-ethyl adjacent to an activating group) is 1. The molecule has 2 heteroatoms. The molecule has 0 bridgehead atoms. The monoisotopic (exact) mass is 153 g/mol. The lowest BCUT2D eigenvalue weighted by atomic mass is 10.1. The van der Waals surface area contributed by atoms with Gasteiger partial charge in [0.25, 0.3) is 0 Å². The van der Waals surface area contributed by atoms with Crippen LogP contribution in [0.2, 0.25) is 0 Å². The van der Waals surface area contributed by atoms with Crippen molar-refractivity contribution in [3.8, 4) is 0 Å². The van der Waals surface area contributed by atoms with E-state index in [1.54, 1.807) is 0 Å².